The number of carboxylic acid groups (broad SMARTS) is 1. The predicted molar refractivity (Wildman–Crippen MR) is 80.6 cm³/mol. The van der Waals surface area contributed by atoms with Crippen molar-refractivity contribution in [2.75, 3.05) is 0 Å². The number of aliphatic carboxylic acids is 1. The summed E-state index contributed by atoms with van der Waals surface area (Å²) in [5.74, 6) is -0.180. The van der Waals surface area contributed by atoms with E-state index in [1.807, 2.05) is 12.1 Å². The maximum Gasteiger partial charge on any atom is 0.314 e. The molecule has 19 heavy (non-hydrogen) atoms. The van der Waals surface area contributed by atoms with E-state index in [2.05, 4.69) is 35.8 Å². The summed E-state index contributed by atoms with van der Waals surface area (Å²) in [6, 6.07) is 6.14. The molecule has 0 amide bonds. The highest BCUT2D eigenvalue weighted by atomic mass is 79.9. The average molecular weight is 325 g/mol. The van der Waals surface area contributed by atoms with Crippen LogP contribution in [-0.2, 0) is 10.2 Å². The molecule has 1 atom stereocenters. The summed E-state index contributed by atoms with van der Waals surface area (Å²) in [5, 5.41) is 9.62. The zero-order valence-corrected chi connectivity index (χ0v) is 13.2. The average Bonchev–Trinajstić information content (AvgIpc) is 2.88. The first-order chi connectivity index (χ1) is 9.01. The molecule has 1 aliphatic rings. The van der Waals surface area contributed by atoms with E-state index in [4.69, 9.17) is 0 Å². The molecule has 0 aromatic heterocycles. The normalized spacial score (nSPS) is 19.3. The molecule has 0 heterocycles. The van der Waals surface area contributed by atoms with Crippen molar-refractivity contribution in [3.05, 3.63) is 33.8 Å². The van der Waals surface area contributed by atoms with Gasteiger partial charge in [-0.3, -0.25) is 4.79 Å². The Morgan fingerprint density at radius 1 is 1.42 bits per heavy atom. The molecule has 1 fully saturated rings. The van der Waals surface area contributed by atoms with E-state index in [-0.39, 0.29) is 0 Å². The molecule has 1 aliphatic carbocycles. The predicted octanol–water partition coefficient (Wildman–Crippen LogP) is 4.86. The first-order valence-electron chi connectivity index (χ1n) is 7.04. The van der Waals surface area contributed by atoms with Gasteiger partial charge in [-0.2, -0.15) is 0 Å². The SMILES string of the molecule is CCC(C)c1ccc(C2(C(=O)O)CCCC2)cc1Br. The van der Waals surface area contributed by atoms with E-state index in [0.717, 1.165) is 42.1 Å². The van der Waals surface area contributed by atoms with Crippen molar-refractivity contribution < 1.29 is 9.90 Å². The Bertz CT molecular complexity index is 476. The Morgan fingerprint density at radius 3 is 2.53 bits per heavy atom. The lowest BCUT2D eigenvalue weighted by atomic mass is 9.78. The zero-order chi connectivity index (χ0) is 14.0. The van der Waals surface area contributed by atoms with Gasteiger partial charge in [0, 0.05) is 4.47 Å². The van der Waals surface area contributed by atoms with Gasteiger partial charge in [-0.05, 0) is 42.4 Å². The highest BCUT2D eigenvalue weighted by Gasteiger charge is 2.43. The fourth-order valence-electron chi connectivity index (χ4n) is 3.05. The van der Waals surface area contributed by atoms with Crippen LogP contribution >= 0.6 is 15.9 Å². The van der Waals surface area contributed by atoms with Crippen LogP contribution in [0.1, 0.15) is 63.0 Å². The van der Waals surface area contributed by atoms with Crippen LogP contribution in [0.25, 0.3) is 0 Å². The van der Waals surface area contributed by atoms with Gasteiger partial charge < -0.3 is 5.11 Å². The Balaban J connectivity index is 2.41. The standard InChI is InChI=1S/C16H21BrO2/c1-3-11(2)13-7-6-12(10-14(13)17)16(15(18)19)8-4-5-9-16/h6-7,10-11H,3-5,8-9H2,1-2H3,(H,18,19). The molecule has 0 saturated heterocycles. The number of benzene rings is 1. The van der Waals surface area contributed by atoms with Gasteiger partial charge in [0.1, 0.15) is 0 Å². The van der Waals surface area contributed by atoms with Crippen molar-refractivity contribution in [1.82, 2.24) is 0 Å². The van der Waals surface area contributed by atoms with E-state index in [1.165, 1.54) is 5.56 Å². The molecule has 3 heteroatoms. The Morgan fingerprint density at radius 2 is 2.05 bits per heavy atom. The minimum atomic E-state index is -0.673. The summed E-state index contributed by atoms with van der Waals surface area (Å²) in [7, 11) is 0. The van der Waals surface area contributed by atoms with Crippen LogP contribution in [0.3, 0.4) is 0 Å². The third-order valence-corrected chi connectivity index (χ3v) is 5.25. The molecule has 0 radical (unpaired) electrons. The van der Waals surface area contributed by atoms with Gasteiger partial charge in [0.05, 0.1) is 5.41 Å². The smallest absolute Gasteiger partial charge is 0.314 e. The Kier molecular flexibility index (Phi) is 4.34. The molecule has 104 valence electrons. The Labute approximate surface area is 123 Å². The molecule has 0 aliphatic heterocycles. The largest absolute Gasteiger partial charge is 0.481 e. The number of carboxylic acids is 1. The molecule has 2 nitrogen and oxygen atoms in total. The molecule has 0 spiro atoms. The molecule has 1 unspecified atom stereocenters. The first-order valence-corrected chi connectivity index (χ1v) is 7.84. The van der Waals surface area contributed by atoms with Crippen molar-refractivity contribution in [2.24, 2.45) is 0 Å². The second-order valence-electron chi connectivity index (χ2n) is 5.64. The molecule has 1 saturated carbocycles. The van der Waals surface area contributed by atoms with Gasteiger partial charge in [0.25, 0.3) is 0 Å². The summed E-state index contributed by atoms with van der Waals surface area (Å²) in [4.78, 5) is 11.7. The van der Waals surface area contributed by atoms with Crippen LogP contribution < -0.4 is 0 Å². The minimum absolute atomic E-state index is 0.493. The van der Waals surface area contributed by atoms with Crippen molar-refractivity contribution >= 4 is 21.9 Å². The number of rotatable bonds is 4. The van der Waals surface area contributed by atoms with Crippen LogP contribution in [-0.4, -0.2) is 11.1 Å². The third-order valence-electron chi connectivity index (χ3n) is 4.56. The maximum absolute atomic E-state index is 11.7. The van der Waals surface area contributed by atoms with Crippen LogP contribution in [0, 0.1) is 0 Å². The number of halogens is 1. The second kappa shape index (κ2) is 5.66. The van der Waals surface area contributed by atoms with E-state index in [0.29, 0.717) is 5.92 Å². The first kappa shape index (κ1) is 14.6. The molecule has 1 N–H and O–H groups in total. The van der Waals surface area contributed by atoms with E-state index >= 15 is 0 Å². The lowest BCUT2D eigenvalue weighted by molar-refractivity contribution is -0.143. The fraction of sp³-hybridized carbons (Fsp3) is 0.562. The van der Waals surface area contributed by atoms with Crippen LogP contribution in [0.5, 0.6) is 0 Å². The third kappa shape index (κ3) is 2.58. The van der Waals surface area contributed by atoms with E-state index in [1.54, 1.807) is 0 Å². The Hall–Kier alpha value is -0.830. The molecule has 1 aromatic carbocycles. The lowest BCUT2D eigenvalue weighted by Gasteiger charge is -2.25. The van der Waals surface area contributed by atoms with E-state index < -0.39 is 11.4 Å². The van der Waals surface area contributed by atoms with Gasteiger partial charge in [0.15, 0.2) is 0 Å². The van der Waals surface area contributed by atoms with E-state index in [9.17, 15) is 9.90 Å². The number of hydrogen-bond acceptors (Lipinski definition) is 1. The molecule has 1 aromatic rings. The fourth-order valence-corrected chi connectivity index (χ4v) is 3.82. The topological polar surface area (TPSA) is 37.3 Å². The quantitative estimate of drug-likeness (QED) is 0.858. The molecular weight excluding hydrogens is 304 g/mol. The zero-order valence-electron chi connectivity index (χ0n) is 11.6. The summed E-state index contributed by atoms with van der Waals surface area (Å²) in [6.07, 6.45) is 4.63. The minimum Gasteiger partial charge on any atom is -0.481 e. The molecular formula is C16H21BrO2. The lowest BCUT2D eigenvalue weighted by Crippen LogP contribution is -2.32. The monoisotopic (exact) mass is 324 g/mol. The molecule has 2 rings (SSSR count). The molecule has 0 bridgehead atoms. The van der Waals surface area contributed by atoms with Gasteiger partial charge in [-0.15, -0.1) is 0 Å². The number of hydrogen-bond donors (Lipinski definition) is 1. The summed E-state index contributed by atoms with van der Waals surface area (Å²) < 4.78 is 1.05. The van der Waals surface area contributed by atoms with Crippen LogP contribution in [0.15, 0.2) is 22.7 Å². The van der Waals surface area contributed by atoms with Gasteiger partial charge in [0.2, 0.25) is 0 Å². The van der Waals surface area contributed by atoms with Crippen molar-refractivity contribution in [1.29, 1.82) is 0 Å². The van der Waals surface area contributed by atoms with Gasteiger partial charge in [-0.25, -0.2) is 0 Å². The summed E-state index contributed by atoms with van der Waals surface area (Å²) >= 11 is 3.62. The van der Waals surface area contributed by atoms with Crippen molar-refractivity contribution in [2.45, 2.75) is 57.3 Å². The van der Waals surface area contributed by atoms with Crippen molar-refractivity contribution in [3.63, 3.8) is 0 Å². The van der Waals surface area contributed by atoms with Gasteiger partial charge in [-0.1, -0.05) is 54.8 Å². The van der Waals surface area contributed by atoms with Crippen LogP contribution in [0.2, 0.25) is 0 Å². The highest BCUT2D eigenvalue weighted by Crippen LogP contribution is 2.43. The highest BCUT2D eigenvalue weighted by molar-refractivity contribution is 9.10. The van der Waals surface area contributed by atoms with Crippen LogP contribution in [0.4, 0.5) is 0 Å². The maximum atomic E-state index is 11.7. The summed E-state index contributed by atoms with van der Waals surface area (Å²) in [5.41, 5.74) is 1.57. The summed E-state index contributed by atoms with van der Waals surface area (Å²) in [6.45, 7) is 4.36. The number of carbonyl (C=O) groups is 1. The second-order valence-corrected chi connectivity index (χ2v) is 6.49. The van der Waals surface area contributed by atoms with Crippen molar-refractivity contribution in [3.8, 4) is 0 Å². The van der Waals surface area contributed by atoms with Gasteiger partial charge >= 0.3 is 5.97 Å².